The minimum Gasteiger partial charge on any atom is -0.396 e. The number of hydrogen-bond donors (Lipinski definition) is 1. The van der Waals surface area contributed by atoms with Crippen molar-refractivity contribution in [2.75, 3.05) is 19.7 Å². The van der Waals surface area contributed by atoms with E-state index < -0.39 is 0 Å². The Kier molecular flexibility index (Phi) is 5.07. The molecule has 1 N–H and O–H groups in total. The van der Waals surface area contributed by atoms with E-state index in [2.05, 4.69) is 25.7 Å². The monoisotopic (exact) mass is 213 g/mol. The average molecular weight is 213 g/mol. The van der Waals surface area contributed by atoms with Crippen LogP contribution in [0.5, 0.6) is 0 Å². The second-order valence-corrected chi connectivity index (χ2v) is 5.38. The van der Waals surface area contributed by atoms with Crippen molar-refractivity contribution in [2.45, 2.75) is 58.9 Å². The number of aliphatic hydroxyl groups is 1. The van der Waals surface area contributed by atoms with Gasteiger partial charge in [-0.2, -0.15) is 0 Å². The maximum atomic E-state index is 9.64. The van der Waals surface area contributed by atoms with Crippen molar-refractivity contribution < 1.29 is 5.11 Å². The van der Waals surface area contributed by atoms with E-state index in [0.29, 0.717) is 12.6 Å². The summed E-state index contributed by atoms with van der Waals surface area (Å²) in [5, 5.41) is 9.64. The van der Waals surface area contributed by atoms with Crippen molar-refractivity contribution in [1.82, 2.24) is 4.90 Å². The zero-order valence-electron chi connectivity index (χ0n) is 10.6. The maximum Gasteiger partial charge on any atom is 0.0499 e. The zero-order chi connectivity index (χ0) is 11.3. The molecule has 0 spiro atoms. The first-order valence-corrected chi connectivity index (χ1v) is 6.48. The number of aliphatic hydroxyl groups excluding tert-OH is 1. The molecule has 1 aliphatic rings. The van der Waals surface area contributed by atoms with Gasteiger partial charge < -0.3 is 10.0 Å². The molecule has 1 aliphatic carbocycles. The summed E-state index contributed by atoms with van der Waals surface area (Å²) in [6, 6.07) is 0.598. The summed E-state index contributed by atoms with van der Waals surface area (Å²) >= 11 is 0. The first-order chi connectivity index (χ1) is 7.13. The average Bonchev–Trinajstić information content (AvgIpc) is 2.27. The Hall–Kier alpha value is -0.0800. The van der Waals surface area contributed by atoms with Gasteiger partial charge in [-0.25, -0.2) is 0 Å². The van der Waals surface area contributed by atoms with Crippen LogP contribution >= 0.6 is 0 Å². The van der Waals surface area contributed by atoms with Crippen LogP contribution in [-0.2, 0) is 0 Å². The van der Waals surface area contributed by atoms with Gasteiger partial charge in [0.2, 0.25) is 0 Å². The van der Waals surface area contributed by atoms with Crippen LogP contribution in [0.4, 0.5) is 0 Å². The van der Waals surface area contributed by atoms with E-state index in [1.165, 1.54) is 32.1 Å². The Balaban J connectivity index is 2.57. The Morgan fingerprint density at radius 3 is 2.20 bits per heavy atom. The maximum absolute atomic E-state index is 9.64. The highest BCUT2D eigenvalue weighted by Gasteiger charge is 2.33. The smallest absolute Gasteiger partial charge is 0.0499 e. The summed E-state index contributed by atoms with van der Waals surface area (Å²) in [6.07, 6.45) is 6.39. The zero-order valence-corrected chi connectivity index (χ0v) is 10.6. The molecule has 0 unspecified atom stereocenters. The van der Waals surface area contributed by atoms with Crippen LogP contribution in [0.1, 0.15) is 52.9 Å². The van der Waals surface area contributed by atoms with Crippen molar-refractivity contribution in [3.05, 3.63) is 0 Å². The van der Waals surface area contributed by atoms with Gasteiger partial charge in [-0.15, -0.1) is 0 Å². The van der Waals surface area contributed by atoms with Crippen LogP contribution in [0.15, 0.2) is 0 Å². The Labute approximate surface area is 94.7 Å². The highest BCUT2D eigenvalue weighted by molar-refractivity contribution is 4.86. The molecule has 0 heterocycles. The van der Waals surface area contributed by atoms with Gasteiger partial charge in [0.25, 0.3) is 0 Å². The van der Waals surface area contributed by atoms with Crippen LogP contribution < -0.4 is 0 Å². The summed E-state index contributed by atoms with van der Waals surface area (Å²) in [4.78, 5) is 2.49. The lowest BCUT2D eigenvalue weighted by Gasteiger charge is -2.41. The van der Waals surface area contributed by atoms with Gasteiger partial charge in [-0.05, 0) is 33.2 Å². The van der Waals surface area contributed by atoms with Crippen LogP contribution in [0.3, 0.4) is 0 Å². The highest BCUT2D eigenvalue weighted by atomic mass is 16.3. The summed E-state index contributed by atoms with van der Waals surface area (Å²) in [5.41, 5.74) is 0.207. The van der Waals surface area contributed by atoms with Crippen molar-refractivity contribution >= 4 is 0 Å². The lowest BCUT2D eigenvalue weighted by molar-refractivity contribution is 0.0321. The van der Waals surface area contributed by atoms with E-state index in [1.807, 2.05) is 0 Å². The molecule has 90 valence electrons. The minimum absolute atomic E-state index is 0.207. The predicted molar refractivity (Wildman–Crippen MR) is 65.0 cm³/mol. The van der Waals surface area contributed by atoms with Gasteiger partial charge in [0.15, 0.2) is 0 Å². The topological polar surface area (TPSA) is 23.5 Å². The molecule has 1 fully saturated rings. The molecule has 1 rings (SSSR count). The lowest BCUT2D eigenvalue weighted by Crippen LogP contribution is -2.44. The molecule has 2 nitrogen and oxygen atoms in total. The van der Waals surface area contributed by atoms with Gasteiger partial charge in [-0.3, -0.25) is 0 Å². The fourth-order valence-corrected chi connectivity index (χ4v) is 2.76. The fraction of sp³-hybridized carbons (Fsp3) is 1.00. The number of rotatable bonds is 5. The quantitative estimate of drug-likeness (QED) is 0.759. The first kappa shape index (κ1) is 13.0. The first-order valence-electron chi connectivity index (χ1n) is 6.48. The second-order valence-electron chi connectivity index (χ2n) is 5.38. The Bertz CT molecular complexity index is 173. The van der Waals surface area contributed by atoms with Gasteiger partial charge in [0, 0.05) is 24.6 Å². The minimum atomic E-state index is 0.207. The molecular formula is C13H27NO. The van der Waals surface area contributed by atoms with E-state index in [9.17, 15) is 5.11 Å². The molecule has 0 radical (unpaired) electrons. The molecule has 15 heavy (non-hydrogen) atoms. The normalized spacial score (nSPS) is 21.2. The largest absolute Gasteiger partial charge is 0.396 e. The standard InChI is InChI=1S/C13H27NO/c1-4-14(12(2)3)10-13(11-15)8-6-5-7-9-13/h12,15H,4-11H2,1-3H3. The third-order valence-corrected chi connectivity index (χ3v) is 3.92. The molecule has 1 saturated carbocycles. The molecule has 0 aromatic carbocycles. The van der Waals surface area contributed by atoms with Crippen LogP contribution in [0.2, 0.25) is 0 Å². The van der Waals surface area contributed by atoms with Crippen molar-refractivity contribution in [1.29, 1.82) is 0 Å². The fourth-order valence-electron chi connectivity index (χ4n) is 2.76. The van der Waals surface area contributed by atoms with Crippen molar-refractivity contribution in [3.8, 4) is 0 Å². The number of hydrogen-bond acceptors (Lipinski definition) is 2. The molecule has 0 aliphatic heterocycles. The molecule has 0 saturated heterocycles. The highest BCUT2D eigenvalue weighted by Crippen LogP contribution is 2.36. The molecule has 0 atom stereocenters. The summed E-state index contributed by atoms with van der Waals surface area (Å²) in [6.45, 7) is 9.26. The van der Waals surface area contributed by atoms with Crippen LogP contribution in [-0.4, -0.2) is 35.7 Å². The summed E-state index contributed by atoms with van der Waals surface area (Å²) < 4.78 is 0. The van der Waals surface area contributed by atoms with Gasteiger partial charge in [0.1, 0.15) is 0 Å². The van der Waals surface area contributed by atoms with Gasteiger partial charge >= 0.3 is 0 Å². The molecule has 0 bridgehead atoms. The van der Waals surface area contributed by atoms with Crippen LogP contribution in [0.25, 0.3) is 0 Å². The molecule has 0 aromatic rings. The molecule has 2 heteroatoms. The third kappa shape index (κ3) is 3.46. The van der Waals surface area contributed by atoms with E-state index in [1.54, 1.807) is 0 Å². The Morgan fingerprint density at radius 1 is 1.20 bits per heavy atom. The third-order valence-electron chi connectivity index (χ3n) is 3.92. The second kappa shape index (κ2) is 5.86. The molecule has 0 aromatic heterocycles. The molecular weight excluding hydrogens is 186 g/mol. The van der Waals surface area contributed by atoms with E-state index >= 15 is 0 Å². The van der Waals surface area contributed by atoms with Gasteiger partial charge in [-0.1, -0.05) is 26.2 Å². The van der Waals surface area contributed by atoms with E-state index in [-0.39, 0.29) is 5.41 Å². The lowest BCUT2D eigenvalue weighted by atomic mass is 9.74. The summed E-state index contributed by atoms with van der Waals surface area (Å²) in [5.74, 6) is 0. The Morgan fingerprint density at radius 2 is 1.80 bits per heavy atom. The predicted octanol–water partition coefficient (Wildman–Crippen LogP) is 2.66. The SMILES string of the molecule is CCN(CC1(CO)CCCCC1)C(C)C. The van der Waals surface area contributed by atoms with E-state index in [0.717, 1.165) is 13.1 Å². The summed E-state index contributed by atoms with van der Waals surface area (Å²) in [7, 11) is 0. The van der Waals surface area contributed by atoms with Crippen molar-refractivity contribution in [3.63, 3.8) is 0 Å². The number of nitrogens with zero attached hydrogens (tertiary/aromatic N) is 1. The molecule has 0 amide bonds. The van der Waals surface area contributed by atoms with Crippen molar-refractivity contribution in [2.24, 2.45) is 5.41 Å². The van der Waals surface area contributed by atoms with E-state index in [4.69, 9.17) is 0 Å². The van der Waals surface area contributed by atoms with Crippen LogP contribution in [0, 0.1) is 5.41 Å². The van der Waals surface area contributed by atoms with Gasteiger partial charge in [0.05, 0.1) is 0 Å².